The summed E-state index contributed by atoms with van der Waals surface area (Å²) in [6.45, 7) is 2.03. The Balaban J connectivity index is 1.74. The third-order valence-electron chi connectivity index (χ3n) is 3.29. The molecule has 3 aromatic rings. The monoisotopic (exact) mass is 325 g/mol. The fourth-order valence-corrected chi connectivity index (χ4v) is 2.95. The highest BCUT2D eigenvalue weighted by molar-refractivity contribution is 7.98. The zero-order chi connectivity index (χ0) is 16.2. The first-order valence-corrected chi connectivity index (χ1v) is 7.99. The smallest absolute Gasteiger partial charge is 0.248 e. The first-order chi connectivity index (χ1) is 11.1. The van der Waals surface area contributed by atoms with E-state index in [0.29, 0.717) is 11.3 Å². The van der Waals surface area contributed by atoms with Crippen molar-refractivity contribution in [3.63, 3.8) is 0 Å². The van der Waals surface area contributed by atoms with E-state index in [0.717, 1.165) is 22.0 Å². The molecule has 2 aromatic carbocycles. The summed E-state index contributed by atoms with van der Waals surface area (Å²) in [7, 11) is 0. The Labute approximate surface area is 137 Å². The van der Waals surface area contributed by atoms with Crippen molar-refractivity contribution >= 4 is 17.7 Å². The van der Waals surface area contributed by atoms with Crippen LogP contribution in [0.5, 0.6) is 0 Å². The molecule has 0 aliphatic carbocycles. The minimum Gasteiger partial charge on any atom is -0.366 e. The minimum atomic E-state index is -0.424. The molecule has 0 saturated heterocycles. The van der Waals surface area contributed by atoms with E-state index in [9.17, 15) is 4.79 Å². The number of amides is 1. The van der Waals surface area contributed by atoms with E-state index in [4.69, 9.17) is 5.73 Å². The molecule has 0 radical (unpaired) electrons. The van der Waals surface area contributed by atoms with Crippen molar-refractivity contribution in [3.8, 4) is 5.69 Å². The molecule has 0 saturated carbocycles. The van der Waals surface area contributed by atoms with Crippen LogP contribution in [0.2, 0.25) is 0 Å². The standard InChI is InChI=1S/C16H15N5OS/c1-11-3-2-4-14(9-11)21-16(18-19-20-21)23-10-12-5-7-13(8-6-12)15(17)22/h2-9H,10H2,1H3,(H2,17,22). The second-order valence-electron chi connectivity index (χ2n) is 5.06. The largest absolute Gasteiger partial charge is 0.366 e. The SMILES string of the molecule is Cc1cccc(-n2nnnc2SCc2ccc(C(N)=O)cc2)c1. The summed E-state index contributed by atoms with van der Waals surface area (Å²) in [6, 6.07) is 15.2. The molecule has 1 heterocycles. The fraction of sp³-hybridized carbons (Fsp3) is 0.125. The average Bonchev–Trinajstić information content (AvgIpc) is 3.02. The van der Waals surface area contributed by atoms with Crippen molar-refractivity contribution < 1.29 is 4.79 Å². The Morgan fingerprint density at radius 1 is 1.22 bits per heavy atom. The van der Waals surface area contributed by atoms with Crippen molar-refractivity contribution in [1.29, 1.82) is 0 Å². The number of nitrogens with two attached hydrogens (primary N) is 1. The normalized spacial score (nSPS) is 10.7. The third-order valence-corrected chi connectivity index (χ3v) is 4.28. The molecule has 0 fully saturated rings. The first-order valence-electron chi connectivity index (χ1n) is 7.00. The summed E-state index contributed by atoms with van der Waals surface area (Å²) >= 11 is 1.53. The molecule has 116 valence electrons. The van der Waals surface area contributed by atoms with E-state index >= 15 is 0 Å². The Morgan fingerprint density at radius 2 is 2.00 bits per heavy atom. The number of carbonyl (C=O) groups excluding carboxylic acids is 1. The number of nitrogens with zero attached hydrogens (tertiary/aromatic N) is 4. The molecule has 0 aliphatic heterocycles. The number of aryl methyl sites for hydroxylation is 1. The molecule has 1 aromatic heterocycles. The molecule has 0 atom stereocenters. The summed E-state index contributed by atoms with van der Waals surface area (Å²) < 4.78 is 1.72. The molecule has 0 aliphatic rings. The van der Waals surface area contributed by atoms with Gasteiger partial charge in [-0.05, 0) is 52.7 Å². The van der Waals surface area contributed by atoms with Crippen molar-refractivity contribution in [2.75, 3.05) is 0 Å². The fourth-order valence-electron chi connectivity index (χ4n) is 2.10. The molecular weight excluding hydrogens is 310 g/mol. The molecule has 7 heteroatoms. The molecule has 0 unspecified atom stereocenters. The topological polar surface area (TPSA) is 86.7 Å². The summed E-state index contributed by atoms with van der Waals surface area (Å²) in [5.41, 5.74) is 8.89. The maximum absolute atomic E-state index is 11.1. The lowest BCUT2D eigenvalue weighted by molar-refractivity contribution is 0.100. The Hall–Kier alpha value is -2.67. The van der Waals surface area contributed by atoms with Gasteiger partial charge >= 0.3 is 0 Å². The van der Waals surface area contributed by atoms with Crippen LogP contribution in [0, 0.1) is 6.92 Å². The summed E-state index contributed by atoms with van der Waals surface area (Å²) in [4.78, 5) is 11.1. The number of hydrogen-bond acceptors (Lipinski definition) is 5. The van der Waals surface area contributed by atoms with Crippen LogP contribution >= 0.6 is 11.8 Å². The molecule has 0 spiro atoms. The molecule has 0 bridgehead atoms. The molecular formula is C16H15N5OS. The zero-order valence-corrected chi connectivity index (χ0v) is 13.3. The lowest BCUT2D eigenvalue weighted by Gasteiger charge is -2.05. The zero-order valence-electron chi connectivity index (χ0n) is 12.5. The number of hydrogen-bond donors (Lipinski definition) is 1. The van der Waals surface area contributed by atoms with E-state index in [1.165, 1.54) is 11.8 Å². The average molecular weight is 325 g/mol. The van der Waals surface area contributed by atoms with Gasteiger partial charge in [-0.1, -0.05) is 36.0 Å². The summed E-state index contributed by atoms with van der Waals surface area (Å²) in [6.07, 6.45) is 0. The summed E-state index contributed by atoms with van der Waals surface area (Å²) in [5.74, 6) is 0.276. The third kappa shape index (κ3) is 3.57. The van der Waals surface area contributed by atoms with Crippen molar-refractivity contribution in [2.45, 2.75) is 17.8 Å². The molecule has 3 rings (SSSR count). The Bertz CT molecular complexity index is 828. The van der Waals surface area contributed by atoms with Crippen LogP contribution in [0.1, 0.15) is 21.5 Å². The van der Waals surface area contributed by atoms with E-state index in [2.05, 4.69) is 15.5 Å². The van der Waals surface area contributed by atoms with E-state index in [1.54, 1.807) is 16.8 Å². The van der Waals surface area contributed by atoms with Gasteiger partial charge in [-0.2, -0.15) is 4.68 Å². The minimum absolute atomic E-state index is 0.424. The van der Waals surface area contributed by atoms with Crippen molar-refractivity contribution in [2.24, 2.45) is 5.73 Å². The highest BCUT2D eigenvalue weighted by Gasteiger charge is 2.09. The lowest BCUT2D eigenvalue weighted by Crippen LogP contribution is -2.10. The number of benzene rings is 2. The van der Waals surface area contributed by atoms with Crippen molar-refractivity contribution in [3.05, 3.63) is 65.2 Å². The number of tetrazole rings is 1. The van der Waals surface area contributed by atoms with Gasteiger partial charge in [0, 0.05) is 11.3 Å². The highest BCUT2D eigenvalue weighted by atomic mass is 32.2. The maximum Gasteiger partial charge on any atom is 0.248 e. The van der Waals surface area contributed by atoms with Gasteiger partial charge in [0.05, 0.1) is 5.69 Å². The Kier molecular flexibility index (Phi) is 4.38. The van der Waals surface area contributed by atoms with Crippen LogP contribution in [0.3, 0.4) is 0 Å². The van der Waals surface area contributed by atoms with Crippen LogP contribution in [0.15, 0.2) is 53.7 Å². The number of carbonyl (C=O) groups is 1. The number of thioether (sulfide) groups is 1. The summed E-state index contributed by atoms with van der Waals surface area (Å²) in [5, 5.41) is 12.6. The van der Waals surface area contributed by atoms with Crippen LogP contribution in [-0.4, -0.2) is 26.1 Å². The van der Waals surface area contributed by atoms with Gasteiger partial charge in [0.1, 0.15) is 0 Å². The molecule has 23 heavy (non-hydrogen) atoms. The van der Waals surface area contributed by atoms with Gasteiger partial charge in [0.2, 0.25) is 11.1 Å². The van der Waals surface area contributed by atoms with Gasteiger partial charge in [-0.25, -0.2) is 0 Å². The van der Waals surface area contributed by atoms with Gasteiger partial charge < -0.3 is 5.73 Å². The highest BCUT2D eigenvalue weighted by Crippen LogP contribution is 2.23. The van der Waals surface area contributed by atoms with E-state index in [1.807, 2.05) is 43.3 Å². The molecule has 2 N–H and O–H groups in total. The Morgan fingerprint density at radius 3 is 2.70 bits per heavy atom. The van der Waals surface area contributed by atoms with Gasteiger partial charge in [0.25, 0.3) is 0 Å². The number of rotatable bonds is 5. The van der Waals surface area contributed by atoms with Crippen LogP contribution in [-0.2, 0) is 5.75 Å². The second kappa shape index (κ2) is 6.62. The predicted molar refractivity (Wildman–Crippen MR) is 88.4 cm³/mol. The quantitative estimate of drug-likeness (QED) is 0.728. The number of aromatic nitrogens is 4. The van der Waals surface area contributed by atoms with Gasteiger partial charge in [0.15, 0.2) is 0 Å². The van der Waals surface area contributed by atoms with Crippen molar-refractivity contribution in [1.82, 2.24) is 20.2 Å². The number of primary amides is 1. The second-order valence-corrected chi connectivity index (χ2v) is 6.00. The predicted octanol–water partition coefficient (Wildman–Crippen LogP) is 2.36. The first kappa shape index (κ1) is 15.2. The van der Waals surface area contributed by atoms with Crippen LogP contribution in [0.25, 0.3) is 5.69 Å². The maximum atomic E-state index is 11.1. The van der Waals surface area contributed by atoms with Gasteiger partial charge in [-0.15, -0.1) is 5.10 Å². The van der Waals surface area contributed by atoms with Crippen LogP contribution in [0.4, 0.5) is 0 Å². The molecule has 6 nitrogen and oxygen atoms in total. The lowest BCUT2D eigenvalue weighted by atomic mass is 10.1. The van der Waals surface area contributed by atoms with Gasteiger partial charge in [-0.3, -0.25) is 4.79 Å². The van der Waals surface area contributed by atoms with Crippen LogP contribution < -0.4 is 5.73 Å². The van der Waals surface area contributed by atoms with E-state index in [-0.39, 0.29) is 0 Å². The van der Waals surface area contributed by atoms with E-state index < -0.39 is 5.91 Å². The molecule has 1 amide bonds.